The van der Waals surface area contributed by atoms with Crippen molar-refractivity contribution in [2.75, 3.05) is 6.54 Å². The molecule has 0 spiro atoms. The van der Waals surface area contributed by atoms with Gasteiger partial charge in [-0.05, 0) is 11.3 Å². The highest BCUT2D eigenvalue weighted by Gasteiger charge is 2.21. The fraction of sp³-hybridized carbons (Fsp3) is 0.778. The summed E-state index contributed by atoms with van der Waals surface area (Å²) in [7, 11) is 0. The molecule has 0 heterocycles. The minimum Gasteiger partial charge on any atom is -0.348 e. The fourth-order valence-corrected chi connectivity index (χ4v) is 0.698. The van der Waals surface area contributed by atoms with Crippen molar-refractivity contribution in [1.82, 2.24) is 10.7 Å². The third-order valence-corrected chi connectivity index (χ3v) is 2.38. The summed E-state index contributed by atoms with van der Waals surface area (Å²) in [5.74, 6) is 3.59. The number of hydrogen-bond donors (Lipinski definition) is 3. The second kappa shape index (κ2) is 4.95. The first-order chi connectivity index (χ1) is 6.29. The Labute approximate surface area is 84.4 Å². The Morgan fingerprint density at radius 2 is 1.79 bits per heavy atom. The molecule has 0 saturated carbocycles. The van der Waals surface area contributed by atoms with E-state index in [9.17, 15) is 9.59 Å². The van der Waals surface area contributed by atoms with Gasteiger partial charge in [0.05, 0.1) is 0 Å². The first-order valence-electron chi connectivity index (χ1n) is 4.57. The van der Waals surface area contributed by atoms with Gasteiger partial charge in [0.2, 0.25) is 0 Å². The van der Waals surface area contributed by atoms with Crippen LogP contribution in [0, 0.1) is 11.3 Å². The van der Waals surface area contributed by atoms with E-state index < -0.39 is 11.8 Å². The Hall–Kier alpha value is -1.10. The molecule has 14 heavy (non-hydrogen) atoms. The van der Waals surface area contributed by atoms with E-state index in [-0.39, 0.29) is 11.3 Å². The van der Waals surface area contributed by atoms with Gasteiger partial charge in [0.1, 0.15) is 0 Å². The third-order valence-electron chi connectivity index (χ3n) is 2.38. The molecule has 4 N–H and O–H groups in total. The highest BCUT2D eigenvalue weighted by Crippen LogP contribution is 2.24. The van der Waals surface area contributed by atoms with Crippen molar-refractivity contribution < 1.29 is 9.59 Å². The van der Waals surface area contributed by atoms with Crippen LogP contribution in [0.2, 0.25) is 0 Å². The average molecular weight is 201 g/mol. The quantitative estimate of drug-likeness (QED) is 0.250. The molecule has 0 aromatic rings. The van der Waals surface area contributed by atoms with Crippen molar-refractivity contribution in [3.8, 4) is 0 Å². The maximum atomic E-state index is 11.0. The summed E-state index contributed by atoms with van der Waals surface area (Å²) in [5, 5.41) is 2.51. The van der Waals surface area contributed by atoms with E-state index >= 15 is 0 Å². The van der Waals surface area contributed by atoms with Gasteiger partial charge < -0.3 is 5.32 Å². The molecule has 0 fully saturated rings. The van der Waals surface area contributed by atoms with Gasteiger partial charge in [-0.3, -0.25) is 15.0 Å². The molecule has 0 aromatic heterocycles. The summed E-state index contributed by atoms with van der Waals surface area (Å²) in [4.78, 5) is 21.7. The van der Waals surface area contributed by atoms with Crippen LogP contribution in [0.4, 0.5) is 0 Å². The van der Waals surface area contributed by atoms with Crippen LogP contribution in [0.1, 0.15) is 27.7 Å². The highest BCUT2D eigenvalue weighted by molar-refractivity contribution is 6.34. The monoisotopic (exact) mass is 201 g/mol. The van der Waals surface area contributed by atoms with Gasteiger partial charge in [-0.2, -0.15) is 0 Å². The molecular weight excluding hydrogens is 182 g/mol. The van der Waals surface area contributed by atoms with Crippen molar-refractivity contribution in [3.05, 3.63) is 0 Å². The summed E-state index contributed by atoms with van der Waals surface area (Å²) in [5.41, 5.74) is 1.88. The molecule has 1 unspecified atom stereocenters. The van der Waals surface area contributed by atoms with Crippen LogP contribution in [0.3, 0.4) is 0 Å². The van der Waals surface area contributed by atoms with E-state index in [2.05, 4.69) is 26.1 Å². The molecule has 0 radical (unpaired) electrons. The number of nitrogens with one attached hydrogen (secondary N) is 2. The lowest BCUT2D eigenvalue weighted by molar-refractivity contribution is -0.139. The summed E-state index contributed by atoms with van der Waals surface area (Å²) in [6.07, 6.45) is 0. The van der Waals surface area contributed by atoms with Crippen LogP contribution in [0.25, 0.3) is 0 Å². The number of hydrogen-bond acceptors (Lipinski definition) is 3. The Morgan fingerprint density at radius 3 is 2.14 bits per heavy atom. The van der Waals surface area contributed by atoms with Crippen molar-refractivity contribution >= 4 is 11.8 Å². The highest BCUT2D eigenvalue weighted by atomic mass is 16.2. The maximum absolute atomic E-state index is 11.0. The van der Waals surface area contributed by atoms with Gasteiger partial charge in [0.15, 0.2) is 0 Å². The number of amides is 2. The van der Waals surface area contributed by atoms with Crippen LogP contribution < -0.4 is 16.6 Å². The number of hydrazine groups is 1. The zero-order valence-electron chi connectivity index (χ0n) is 9.18. The lowest BCUT2D eigenvalue weighted by atomic mass is 9.82. The first kappa shape index (κ1) is 12.9. The van der Waals surface area contributed by atoms with Crippen LogP contribution in [0.5, 0.6) is 0 Å². The number of carbonyl (C=O) groups excluding carboxylic acids is 2. The average Bonchev–Trinajstić information content (AvgIpc) is 2.10. The lowest BCUT2D eigenvalue weighted by Crippen LogP contribution is -2.45. The lowest BCUT2D eigenvalue weighted by Gasteiger charge is -2.27. The molecule has 0 aromatic carbocycles. The van der Waals surface area contributed by atoms with Crippen LogP contribution in [-0.4, -0.2) is 18.4 Å². The van der Waals surface area contributed by atoms with Crippen LogP contribution >= 0.6 is 0 Å². The molecule has 0 bridgehead atoms. The maximum Gasteiger partial charge on any atom is 0.323 e. The smallest absolute Gasteiger partial charge is 0.323 e. The molecule has 0 aliphatic rings. The Morgan fingerprint density at radius 1 is 1.29 bits per heavy atom. The zero-order chi connectivity index (χ0) is 11.4. The van der Waals surface area contributed by atoms with Gasteiger partial charge in [0, 0.05) is 6.54 Å². The van der Waals surface area contributed by atoms with Gasteiger partial charge in [0.25, 0.3) is 0 Å². The Balaban J connectivity index is 3.96. The van der Waals surface area contributed by atoms with Gasteiger partial charge in [-0.15, -0.1) is 0 Å². The van der Waals surface area contributed by atoms with Gasteiger partial charge in [-0.25, -0.2) is 5.84 Å². The van der Waals surface area contributed by atoms with E-state index in [4.69, 9.17) is 5.84 Å². The molecule has 0 aliphatic heterocycles. The molecule has 82 valence electrons. The largest absolute Gasteiger partial charge is 0.348 e. The van der Waals surface area contributed by atoms with Crippen molar-refractivity contribution in [2.24, 2.45) is 17.2 Å². The van der Waals surface area contributed by atoms with Crippen LogP contribution in [-0.2, 0) is 9.59 Å². The third kappa shape index (κ3) is 4.23. The van der Waals surface area contributed by atoms with Crippen LogP contribution in [0.15, 0.2) is 0 Å². The molecule has 0 rings (SSSR count). The second-order valence-electron chi connectivity index (χ2n) is 4.45. The minimum atomic E-state index is -0.814. The van der Waals surface area contributed by atoms with E-state index in [1.807, 2.05) is 6.92 Å². The topological polar surface area (TPSA) is 84.2 Å². The van der Waals surface area contributed by atoms with Gasteiger partial charge in [-0.1, -0.05) is 27.7 Å². The predicted octanol–water partition coefficient (Wildman–Crippen LogP) is -0.225. The summed E-state index contributed by atoms with van der Waals surface area (Å²) < 4.78 is 0. The molecule has 0 saturated heterocycles. The summed E-state index contributed by atoms with van der Waals surface area (Å²) in [6, 6.07) is 0. The Bertz CT molecular complexity index is 221. The van der Waals surface area contributed by atoms with Crippen molar-refractivity contribution in [1.29, 1.82) is 0 Å². The number of rotatable bonds is 2. The van der Waals surface area contributed by atoms with E-state index in [1.54, 1.807) is 5.43 Å². The van der Waals surface area contributed by atoms with Crippen molar-refractivity contribution in [3.63, 3.8) is 0 Å². The standard InChI is InChI=1S/C9H19N3O2/c1-6(9(2,3)4)5-11-7(13)8(14)12-10/h6H,5,10H2,1-4H3,(H,11,13)(H,12,14). The van der Waals surface area contributed by atoms with E-state index in [0.29, 0.717) is 6.54 Å². The fourth-order valence-electron chi connectivity index (χ4n) is 0.698. The SMILES string of the molecule is CC(CNC(=O)C(=O)NN)C(C)(C)C. The molecule has 1 atom stereocenters. The minimum absolute atomic E-state index is 0.104. The first-order valence-corrected chi connectivity index (χ1v) is 4.57. The zero-order valence-corrected chi connectivity index (χ0v) is 9.18. The normalized spacial score (nSPS) is 13.2. The summed E-state index contributed by atoms with van der Waals surface area (Å²) >= 11 is 0. The molecular formula is C9H19N3O2. The summed E-state index contributed by atoms with van der Waals surface area (Å²) in [6.45, 7) is 8.71. The van der Waals surface area contributed by atoms with Gasteiger partial charge >= 0.3 is 11.8 Å². The molecule has 0 aliphatic carbocycles. The Kier molecular flexibility index (Phi) is 4.56. The predicted molar refractivity (Wildman–Crippen MR) is 54.0 cm³/mol. The van der Waals surface area contributed by atoms with Crippen molar-refractivity contribution in [2.45, 2.75) is 27.7 Å². The van der Waals surface area contributed by atoms with E-state index in [1.165, 1.54) is 0 Å². The molecule has 5 heteroatoms. The molecule has 5 nitrogen and oxygen atoms in total. The second-order valence-corrected chi connectivity index (χ2v) is 4.45. The molecule has 2 amide bonds. The number of carbonyl (C=O) groups is 2. The number of nitrogens with two attached hydrogens (primary N) is 1. The van der Waals surface area contributed by atoms with E-state index in [0.717, 1.165) is 0 Å².